The van der Waals surface area contributed by atoms with Gasteiger partial charge in [0.1, 0.15) is 0 Å². The minimum Gasteiger partial charge on any atom is -0.395 e. The maximum atomic E-state index is 8.63. The van der Waals surface area contributed by atoms with Crippen LogP contribution in [0.15, 0.2) is 0 Å². The summed E-state index contributed by atoms with van der Waals surface area (Å²) in [7, 11) is 0. The van der Waals surface area contributed by atoms with Crippen molar-refractivity contribution >= 4 is 0 Å². The van der Waals surface area contributed by atoms with Gasteiger partial charge < -0.3 is 16.2 Å². The van der Waals surface area contributed by atoms with Crippen molar-refractivity contribution in [3.8, 4) is 0 Å². The maximum absolute atomic E-state index is 8.63. The topological polar surface area (TPSA) is 58.3 Å². The summed E-state index contributed by atoms with van der Waals surface area (Å²) in [6.45, 7) is 8.36. The average Bonchev–Trinajstić information content (AvgIpc) is 1.96. The standard InChI is InChI=1S/C9H22N2O/c1-9(2,3)4-5-11-6-8(10)7-12/h8,11-12H,4-7,10H2,1-3H3. The van der Waals surface area contributed by atoms with Crippen molar-refractivity contribution in [2.24, 2.45) is 11.1 Å². The van der Waals surface area contributed by atoms with Crippen molar-refractivity contribution in [2.75, 3.05) is 19.7 Å². The van der Waals surface area contributed by atoms with Crippen LogP contribution in [0.3, 0.4) is 0 Å². The Bertz CT molecular complexity index is 110. The molecule has 0 aromatic heterocycles. The van der Waals surface area contributed by atoms with Crippen LogP contribution in [0.25, 0.3) is 0 Å². The molecule has 0 heterocycles. The Balaban J connectivity index is 3.22. The lowest BCUT2D eigenvalue weighted by Gasteiger charge is -2.18. The molecule has 0 fully saturated rings. The van der Waals surface area contributed by atoms with Gasteiger partial charge in [-0.15, -0.1) is 0 Å². The monoisotopic (exact) mass is 174 g/mol. The van der Waals surface area contributed by atoms with Crippen LogP contribution < -0.4 is 11.1 Å². The molecule has 74 valence electrons. The molecule has 12 heavy (non-hydrogen) atoms. The zero-order chi connectivity index (χ0) is 9.61. The highest BCUT2D eigenvalue weighted by molar-refractivity contribution is 4.66. The Labute approximate surface area is 75.3 Å². The second-order valence-corrected chi connectivity index (χ2v) is 4.46. The molecule has 0 aliphatic rings. The number of nitrogens with two attached hydrogens (primary N) is 1. The van der Waals surface area contributed by atoms with Gasteiger partial charge in [0.15, 0.2) is 0 Å². The van der Waals surface area contributed by atoms with E-state index in [-0.39, 0.29) is 12.6 Å². The molecular formula is C9H22N2O. The third-order valence-corrected chi connectivity index (χ3v) is 1.69. The van der Waals surface area contributed by atoms with E-state index in [1.165, 1.54) is 0 Å². The van der Waals surface area contributed by atoms with Crippen LogP contribution >= 0.6 is 0 Å². The van der Waals surface area contributed by atoms with E-state index in [2.05, 4.69) is 26.1 Å². The highest BCUT2D eigenvalue weighted by Crippen LogP contribution is 2.16. The van der Waals surface area contributed by atoms with E-state index >= 15 is 0 Å². The van der Waals surface area contributed by atoms with Gasteiger partial charge in [-0.2, -0.15) is 0 Å². The molecule has 0 aliphatic carbocycles. The lowest BCUT2D eigenvalue weighted by Crippen LogP contribution is -2.37. The summed E-state index contributed by atoms with van der Waals surface area (Å²) in [4.78, 5) is 0. The van der Waals surface area contributed by atoms with Gasteiger partial charge in [0.2, 0.25) is 0 Å². The number of aliphatic hydroxyl groups is 1. The molecule has 0 bridgehead atoms. The third kappa shape index (κ3) is 7.98. The molecule has 1 unspecified atom stereocenters. The maximum Gasteiger partial charge on any atom is 0.0594 e. The van der Waals surface area contributed by atoms with Gasteiger partial charge in [-0.25, -0.2) is 0 Å². The van der Waals surface area contributed by atoms with Crippen molar-refractivity contribution in [2.45, 2.75) is 33.2 Å². The molecule has 4 N–H and O–H groups in total. The lowest BCUT2D eigenvalue weighted by atomic mass is 9.92. The van der Waals surface area contributed by atoms with Gasteiger partial charge in [0, 0.05) is 12.6 Å². The molecule has 0 spiro atoms. The SMILES string of the molecule is CC(C)(C)CCNCC(N)CO. The van der Waals surface area contributed by atoms with E-state index in [9.17, 15) is 0 Å². The quantitative estimate of drug-likeness (QED) is 0.526. The summed E-state index contributed by atoms with van der Waals surface area (Å²) in [5.41, 5.74) is 5.88. The summed E-state index contributed by atoms with van der Waals surface area (Å²) in [6, 6.07) is -0.120. The van der Waals surface area contributed by atoms with Crippen LogP contribution in [-0.2, 0) is 0 Å². The molecule has 0 rings (SSSR count). The molecule has 3 heteroatoms. The van der Waals surface area contributed by atoms with Crippen molar-refractivity contribution in [1.82, 2.24) is 5.32 Å². The Morgan fingerprint density at radius 3 is 2.42 bits per heavy atom. The normalized spacial score (nSPS) is 14.8. The van der Waals surface area contributed by atoms with Gasteiger partial charge in [-0.1, -0.05) is 20.8 Å². The van der Waals surface area contributed by atoms with E-state index < -0.39 is 0 Å². The fraction of sp³-hybridized carbons (Fsp3) is 1.00. The lowest BCUT2D eigenvalue weighted by molar-refractivity contribution is 0.260. The minimum atomic E-state index is -0.120. The molecular weight excluding hydrogens is 152 g/mol. The number of hydrogen-bond donors (Lipinski definition) is 3. The molecule has 0 saturated heterocycles. The number of nitrogens with one attached hydrogen (secondary N) is 1. The Kier molecular flexibility index (Phi) is 5.46. The molecule has 0 aliphatic heterocycles. The van der Waals surface area contributed by atoms with Crippen molar-refractivity contribution in [1.29, 1.82) is 0 Å². The molecule has 0 aromatic rings. The molecule has 0 radical (unpaired) electrons. The van der Waals surface area contributed by atoms with E-state index in [4.69, 9.17) is 10.8 Å². The third-order valence-electron chi connectivity index (χ3n) is 1.69. The van der Waals surface area contributed by atoms with E-state index in [0.717, 1.165) is 13.0 Å². The van der Waals surface area contributed by atoms with Gasteiger partial charge in [-0.05, 0) is 18.4 Å². The Hall–Kier alpha value is -0.120. The summed E-state index contributed by atoms with van der Waals surface area (Å²) >= 11 is 0. The Morgan fingerprint density at radius 1 is 1.42 bits per heavy atom. The smallest absolute Gasteiger partial charge is 0.0594 e. The molecule has 0 aromatic carbocycles. The predicted octanol–water partition coefficient (Wildman–Crippen LogP) is 0.332. The second kappa shape index (κ2) is 5.51. The van der Waals surface area contributed by atoms with E-state index in [1.54, 1.807) is 0 Å². The molecule has 0 saturated carbocycles. The molecule has 3 nitrogen and oxygen atoms in total. The highest BCUT2D eigenvalue weighted by Gasteiger charge is 2.09. The zero-order valence-electron chi connectivity index (χ0n) is 8.43. The van der Waals surface area contributed by atoms with Crippen molar-refractivity contribution in [3.63, 3.8) is 0 Å². The average molecular weight is 174 g/mol. The van der Waals surface area contributed by atoms with E-state index in [1.807, 2.05) is 0 Å². The summed E-state index contributed by atoms with van der Waals surface area (Å²) < 4.78 is 0. The van der Waals surface area contributed by atoms with Crippen LogP contribution in [-0.4, -0.2) is 30.8 Å². The Morgan fingerprint density at radius 2 is 2.00 bits per heavy atom. The van der Waals surface area contributed by atoms with Crippen LogP contribution in [0, 0.1) is 5.41 Å². The first kappa shape index (κ1) is 11.9. The molecule has 1 atom stereocenters. The minimum absolute atomic E-state index is 0.0581. The van der Waals surface area contributed by atoms with Crippen LogP contribution in [0.5, 0.6) is 0 Å². The summed E-state index contributed by atoms with van der Waals surface area (Å²) in [5.74, 6) is 0. The first-order chi connectivity index (χ1) is 5.45. The van der Waals surface area contributed by atoms with Gasteiger partial charge in [0.25, 0.3) is 0 Å². The predicted molar refractivity (Wildman–Crippen MR) is 52.0 cm³/mol. The van der Waals surface area contributed by atoms with Crippen molar-refractivity contribution in [3.05, 3.63) is 0 Å². The van der Waals surface area contributed by atoms with Crippen LogP contribution in [0.4, 0.5) is 0 Å². The number of aliphatic hydroxyl groups excluding tert-OH is 1. The van der Waals surface area contributed by atoms with Gasteiger partial charge in [-0.3, -0.25) is 0 Å². The molecule has 0 amide bonds. The first-order valence-corrected chi connectivity index (χ1v) is 4.53. The van der Waals surface area contributed by atoms with Crippen LogP contribution in [0.1, 0.15) is 27.2 Å². The largest absolute Gasteiger partial charge is 0.395 e. The van der Waals surface area contributed by atoms with E-state index in [0.29, 0.717) is 12.0 Å². The first-order valence-electron chi connectivity index (χ1n) is 4.53. The van der Waals surface area contributed by atoms with Gasteiger partial charge >= 0.3 is 0 Å². The fourth-order valence-electron chi connectivity index (χ4n) is 0.815. The number of hydrogen-bond acceptors (Lipinski definition) is 3. The second-order valence-electron chi connectivity index (χ2n) is 4.46. The van der Waals surface area contributed by atoms with Crippen molar-refractivity contribution < 1.29 is 5.11 Å². The van der Waals surface area contributed by atoms with Crippen LogP contribution in [0.2, 0.25) is 0 Å². The summed E-state index contributed by atoms with van der Waals surface area (Å²) in [6.07, 6.45) is 1.13. The fourth-order valence-corrected chi connectivity index (χ4v) is 0.815. The zero-order valence-corrected chi connectivity index (χ0v) is 8.43. The highest BCUT2D eigenvalue weighted by atomic mass is 16.3. The number of rotatable bonds is 5. The summed E-state index contributed by atoms with van der Waals surface area (Å²) in [5, 5.41) is 11.8. The van der Waals surface area contributed by atoms with Gasteiger partial charge in [0.05, 0.1) is 6.61 Å².